The molecule has 2 atom stereocenters. The largest absolute Gasteiger partial charge is 0.377 e. The van der Waals surface area contributed by atoms with Gasteiger partial charge in [0.05, 0.1) is 5.60 Å². The molecule has 0 aliphatic carbocycles. The third kappa shape index (κ3) is 3.35. The number of hydrogen-bond donors (Lipinski definition) is 1. The highest BCUT2D eigenvalue weighted by Gasteiger charge is 2.30. The summed E-state index contributed by atoms with van der Waals surface area (Å²) in [5.74, 6) is 0. The van der Waals surface area contributed by atoms with Crippen molar-refractivity contribution in [3.63, 3.8) is 0 Å². The number of methoxy groups -OCH3 is 1. The maximum atomic E-state index is 6.20. The van der Waals surface area contributed by atoms with Gasteiger partial charge in [0.2, 0.25) is 0 Å². The van der Waals surface area contributed by atoms with Gasteiger partial charge in [0.1, 0.15) is 0 Å². The Hall–Kier alpha value is -0.280. The average Bonchev–Trinajstić information content (AvgIpc) is 2.32. The van der Waals surface area contributed by atoms with E-state index >= 15 is 0 Å². The molecule has 0 saturated heterocycles. The zero-order valence-electron chi connectivity index (χ0n) is 10.5. The van der Waals surface area contributed by atoms with E-state index in [9.17, 15) is 0 Å². The van der Waals surface area contributed by atoms with Crippen molar-refractivity contribution >= 4 is 23.2 Å². The van der Waals surface area contributed by atoms with Crippen molar-refractivity contribution in [1.82, 2.24) is 0 Å². The quantitative estimate of drug-likeness (QED) is 0.890. The van der Waals surface area contributed by atoms with Crippen molar-refractivity contribution in [3.05, 3.63) is 33.8 Å². The van der Waals surface area contributed by atoms with Crippen LogP contribution >= 0.6 is 23.2 Å². The van der Waals surface area contributed by atoms with Gasteiger partial charge in [-0.1, -0.05) is 36.2 Å². The summed E-state index contributed by atoms with van der Waals surface area (Å²) in [4.78, 5) is 0. The highest BCUT2D eigenvalue weighted by atomic mass is 35.5. The molecule has 0 spiro atoms. The second kappa shape index (κ2) is 6.05. The fourth-order valence-electron chi connectivity index (χ4n) is 1.72. The number of benzene rings is 1. The molecule has 0 bridgehead atoms. The van der Waals surface area contributed by atoms with Crippen LogP contribution in [0.5, 0.6) is 0 Å². The molecule has 4 heteroatoms. The number of rotatable bonds is 5. The molecule has 0 saturated carbocycles. The van der Waals surface area contributed by atoms with E-state index in [0.29, 0.717) is 16.5 Å². The second-order valence-corrected chi connectivity index (χ2v) is 5.20. The summed E-state index contributed by atoms with van der Waals surface area (Å²) in [7, 11) is 1.68. The van der Waals surface area contributed by atoms with Crippen LogP contribution in [0.4, 0.5) is 0 Å². The zero-order valence-corrected chi connectivity index (χ0v) is 12.0. The molecule has 2 nitrogen and oxygen atoms in total. The summed E-state index contributed by atoms with van der Waals surface area (Å²) >= 11 is 12.3. The average molecular weight is 276 g/mol. The smallest absolute Gasteiger partial charge is 0.0801 e. The Kier molecular flexibility index (Phi) is 5.26. The first kappa shape index (κ1) is 14.8. The lowest BCUT2D eigenvalue weighted by Gasteiger charge is -2.33. The molecule has 0 fully saturated rings. The summed E-state index contributed by atoms with van der Waals surface area (Å²) < 4.78 is 5.49. The van der Waals surface area contributed by atoms with Crippen molar-refractivity contribution in [2.24, 2.45) is 5.73 Å². The zero-order chi connectivity index (χ0) is 13.1. The monoisotopic (exact) mass is 275 g/mol. The van der Waals surface area contributed by atoms with Gasteiger partial charge in [-0.05, 0) is 37.5 Å². The molecule has 1 aromatic rings. The lowest BCUT2D eigenvalue weighted by Crippen LogP contribution is -2.48. The lowest BCUT2D eigenvalue weighted by atomic mass is 9.89. The second-order valence-electron chi connectivity index (χ2n) is 4.38. The fraction of sp³-hybridized carbons (Fsp3) is 0.538. The van der Waals surface area contributed by atoms with Gasteiger partial charge >= 0.3 is 0 Å². The Morgan fingerprint density at radius 1 is 1.35 bits per heavy atom. The van der Waals surface area contributed by atoms with E-state index in [-0.39, 0.29) is 11.6 Å². The van der Waals surface area contributed by atoms with Crippen LogP contribution < -0.4 is 5.73 Å². The Bertz CT molecular complexity index is 357. The molecule has 0 radical (unpaired) electrons. The van der Waals surface area contributed by atoms with E-state index in [1.807, 2.05) is 25.1 Å². The van der Waals surface area contributed by atoms with E-state index in [0.717, 1.165) is 12.0 Å². The fourth-order valence-corrected chi connectivity index (χ4v) is 2.27. The summed E-state index contributed by atoms with van der Waals surface area (Å²) in [6.45, 7) is 4.06. The molecule has 0 aliphatic rings. The Balaban J connectivity index is 2.91. The molecule has 2 unspecified atom stereocenters. The first-order valence-corrected chi connectivity index (χ1v) is 6.43. The predicted molar refractivity (Wildman–Crippen MR) is 73.8 cm³/mol. The topological polar surface area (TPSA) is 35.2 Å². The third-order valence-electron chi connectivity index (χ3n) is 3.44. The number of halogens is 2. The Morgan fingerprint density at radius 2 is 1.88 bits per heavy atom. The predicted octanol–water partition coefficient (Wildman–Crippen LogP) is 3.68. The van der Waals surface area contributed by atoms with Gasteiger partial charge in [0.25, 0.3) is 0 Å². The van der Waals surface area contributed by atoms with Crippen molar-refractivity contribution in [2.75, 3.05) is 7.11 Å². The molecular formula is C13H19Cl2NO. The molecule has 17 heavy (non-hydrogen) atoms. The summed E-state index contributed by atoms with van der Waals surface area (Å²) in [5, 5.41) is 1.31. The molecule has 96 valence electrons. The minimum Gasteiger partial charge on any atom is -0.377 e. The van der Waals surface area contributed by atoms with Crippen LogP contribution in [0, 0.1) is 0 Å². The molecule has 0 aliphatic heterocycles. The van der Waals surface area contributed by atoms with Gasteiger partial charge in [0, 0.05) is 23.2 Å². The Morgan fingerprint density at radius 3 is 2.29 bits per heavy atom. The maximum Gasteiger partial charge on any atom is 0.0801 e. The van der Waals surface area contributed by atoms with Crippen LogP contribution in [-0.4, -0.2) is 18.8 Å². The van der Waals surface area contributed by atoms with E-state index in [1.54, 1.807) is 7.11 Å². The van der Waals surface area contributed by atoms with Gasteiger partial charge in [0.15, 0.2) is 0 Å². The third-order valence-corrected chi connectivity index (χ3v) is 4.15. The summed E-state index contributed by atoms with van der Waals surface area (Å²) in [6.07, 6.45) is 1.45. The van der Waals surface area contributed by atoms with E-state index in [4.69, 9.17) is 33.7 Å². The van der Waals surface area contributed by atoms with Crippen LogP contribution in [-0.2, 0) is 11.2 Å². The number of hydrogen-bond acceptors (Lipinski definition) is 2. The van der Waals surface area contributed by atoms with Gasteiger partial charge in [-0.15, -0.1) is 0 Å². The molecule has 0 amide bonds. The first-order chi connectivity index (χ1) is 7.94. The van der Waals surface area contributed by atoms with Gasteiger partial charge < -0.3 is 10.5 Å². The summed E-state index contributed by atoms with van der Waals surface area (Å²) in [6, 6.07) is 5.33. The van der Waals surface area contributed by atoms with Gasteiger partial charge in [-0.25, -0.2) is 0 Å². The van der Waals surface area contributed by atoms with E-state index in [2.05, 4.69) is 6.92 Å². The van der Waals surface area contributed by atoms with E-state index in [1.165, 1.54) is 0 Å². The van der Waals surface area contributed by atoms with E-state index < -0.39 is 0 Å². The number of nitrogens with two attached hydrogens (primary N) is 1. The van der Waals surface area contributed by atoms with Crippen molar-refractivity contribution < 1.29 is 4.74 Å². The van der Waals surface area contributed by atoms with Crippen LogP contribution in [0.3, 0.4) is 0 Å². The van der Waals surface area contributed by atoms with Crippen LogP contribution in [0.1, 0.15) is 25.8 Å². The van der Waals surface area contributed by atoms with Gasteiger partial charge in [-0.3, -0.25) is 0 Å². The highest BCUT2D eigenvalue weighted by molar-refractivity contribution is 6.36. The Labute approximate surface area is 113 Å². The van der Waals surface area contributed by atoms with Crippen molar-refractivity contribution in [3.8, 4) is 0 Å². The van der Waals surface area contributed by atoms with Crippen LogP contribution in [0.2, 0.25) is 10.0 Å². The SMILES string of the molecule is CCC(C)(OC)C(N)Cc1c(Cl)cccc1Cl. The lowest BCUT2D eigenvalue weighted by molar-refractivity contribution is -0.0184. The standard InChI is InChI=1S/C13H19Cl2NO/c1-4-13(2,17-3)12(16)8-9-10(14)6-5-7-11(9)15/h5-7,12H,4,8,16H2,1-3H3. The molecule has 1 rings (SSSR count). The van der Waals surface area contributed by atoms with Crippen LogP contribution in [0.15, 0.2) is 18.2 Å². The van der Waals surface area contributed by atoms with Gasteiger partial charge in [-0.2, -0.15) is 0 Å². The normalized spacial score (nSPS) is 16.6. The first-order valence-electron chi connectivity index (χ1n) is 5.68. The molecular weight excluding hydrogens is 257 g/mol. The highest BCUT2D eigenvalue weighted by Crippen LogP contribution is 2.28. The number of ether oxygens (including phenoxy) is 1. The van der Waals surface area contributed by atoms with Crippen molar-refractivity contribution in [2.45, 2.75) is 38.3 Å². The maximum absolute atomic E-state index is 6.20. The summed E-state index contributed by atoms with van der Waals surface area (Å²) in [5.41, 5.74) is 6.73. The van der Waals surface area contributed by atoms with Crippen LogP contribution in [0.25, 0.3) is 0 Å². The molecule has 1 aromatic carbocycles. The van der Waals surface area contributed by atoms with Crippen molar-refractivity contribution in [1.29, 1.82) is 0 Å². The minimum atomic E-state index is -0.359. The molecule has 0 aromatic heterocycles. The molecule has 2 N–H and O–H groups in total. The molecule has 0 heterocycles. The minimum absolute atomic E-state index is 0.144.